The second-order valence-electron chi connectivity index (χ2n) is 28.9. The molecule has 0 bridgehead atoms. The Morgan fingerprint density at radius 3 is 1.42 bits per heavy atom. The molecule has 0 saturated carbocycles. The molecule has 5 aliphatic heterocycles. The summed E-state index contributed by atoms with van der Waals surface area (Å²) in [7, 11) is -1.00. The third kappa shape index (κ3) is 42.5. The Morgan fingerprint density at radius 1 is 0.664 bits per heavy atom. The van der Waals surface area contributed by atoms with Crippen LogP contribution in [0.5, 0.6) is 0 Å². The number of ether oxygens (including phenoxy) is 2. The van der Waals surface area contributed by atoms with E-state index in [0.717, 1.165) is 127 Å². The number of carboxylic acid groups (broad SMARTS) is 2. The number of nitriles is 1. The van der Waals surface area contributed by atoms with Gasteiger partial charge in [-0.05, 0) is 168 Å². The number of pyridine rings is 2. The number of aryl methyl sites for hydroxylation is 2. The molecular weight excluding hydrogens is 1650 g/mol. The summed E-state index contributed by atoms with van der Waals surface area (Å²) in [4.78, 5) is 138. The van der Waals surface area contributed by atoms with Gasteiger partial charge in [-0.25, -0.2) is 29.3 Å². The predicted octanol–water partition coefficient (Wildman–Crippen LogP) is 10.9. The second-order valence-corrected chi connectivity index (χ2v) is 31.0. The van der Waals surface area contributed by atoms with Crippen LogP contribution in [0, 0.1) is 25.2 Å². The van der Waals surface area contributed by atoms with Gasteiger partial charge in [-0.3, -0.25) is 67.6 Å². The minimum absolute atomic E-state index is 0. The maximum Gasteiger partial charge on any atom is 0.411 e. The van der Waals surface area contributed by atoms with Gasteiger partial charge in [0, 0.05) is 102 Å². The molecule has 5 saturated heterocycles. The van der Waals surface area contributed by atoms with Crippen LogP contribution >= 0.6 is 47.5 Å². The Kier molecular flexibility index (Phi) is 53.1. The fraction of sp³-hybridized carbons (Fsp3) is 0.600. The number of imidazole rings is 1. The molecule has 5 atom stereocenters. The number of urea groups is 1. The Balaban J connectivity index is -0.000000419. The van der Waals surface area contributed by atoms with Crippen molar-refractivity contribution in [3.05, 3.63) is 83.2 Å². The van der Waals surface area contributed by atoms with E-state index in [0.29, 0.717) is 44.5 Å². The number of carboxylic acids is 2. The van der Waals surface area contributed by atoms with Gasteiger partial charge in [-0.1, -0.05) is 74.1 Å². The zero-order chi connectivity index (χ0) is 84.0. The standard InChI is InChI=1S/C19H25N5O2S.C18H20N4OS.C10H18N2O3.C10H16N2O2.2C5H10N2O.2C2H4O2.C2H6.CH3F.CH4.2ClH.H2O.Pd/c1-11-15(12-7-8-21-14(10-12)19(2,3)4)27-17(22-11)23-18(26)24-9-5-6-13(24)16(20)25;1-12-17(13-5-6-20-14(9-13)18(2,3)4)24-15(21-12)10-16(23)22-8-7-19-11-22;1-10(2,3)15-9(14)12-6-4-5-7(12)8(11)13;1-10(2,3)14-9(13)12-6-4-5-8(12)7-11;2*6-5(8)4-2-1-3-7-4;2*1-2(3)4;2*1-2;;;;;/h7-8,10,13H,5-6,9H2,1-4H3,(H2,20,25)(H,22,23,26);5-9,11H,10H2,1-4H3;7H,4-6H2,1-3H3,(H2,11,13);8H,4-6H2,1-3H3;2*4,7H,1-3H2,(H2,6,8);2*1H3,(H,3,4);1-2H3;1H3;1H4;2*1H;1H2;/t13-;;7-;8-;2*4-;;;;;;;;;/m0.0000........./s1/i25+2;;13+2;;2*8+2;;;2*1D;;;;1+2;. The molecule has 0 aromatic carbocycles. The van der Waals surface area contributed by atoms with Gasteiger partial charge >= 0.3 is 18.2 Å². The first kappa shape index (κ1) is 109. The molecule has 0 aliphatic carbocycles. The first-order chi connectivity index (χ1) is 51.2. The van der Waals surface area contributed by atoms with Gasteiger partial charge in [-0.2, -0.15) is 5.26 Å². The first-order valence-electron chi connectivity index (χ1n) is 36.6. The second kappa shape index (κ2) is 55.2. The summed E-state index contributed by atoms with van der Waals surface area (Å²) < 4.78 is 33.6. The topological polar surface area (TPSA) is 504 Å². The van der Waals surface area contributed by atoms with Gasteiger partial charge < -0.3 is 63.6 Å². The molecule has 0 radical (unpaired) electrons. The fourth-order valence-electron chi connectivity index (χ4n) is 10.5. The molecule has 642 valence electrons. The molecule has 38 heteroatoms. The number of nitrogens with one attached hydrogen (secondary N) is 3. The van der Waals surface area contributed by atoms with Crippen molar-refractivity contribution in [2.45, 2.75) is 255 Å². The van der Waals surface area contributed by atoms with E-state index >= 15 is 0 Å². The van der Waals surface area contributed by atoms with E-state index in [1.165, 1.54) is 36.9 Å². The number of halogens is 3. The molecule has 5 aromatic heterocycles. The van der Waals surface area contributed by atoms with Crippen LogP contribution < -0.4 is 38.9 Å². The van der Waals surface area contributed by atoms with Crippen molar-refractivity contribution in [3.63, 3.8) is 0 Å². The van der Waals surface area contributed by atoms with E-state index in [1.54, 1.807) is 57.6 Å². The van der Waals surface area contributed by atoms with Crippen molar-refractivity contribution in [2.75, 3.05) is 45.2 Å². The van der Waals surface area contributed by atoms with Crippen molar-refractivity contribution in [3.8, 4) is 27.0 Å². The number of hydrogen-bond acceptors (Lipinski definition) is 22. The number of alkyl halides is 1. The van der Waals surface area contributed by atoms with Gasteiger partial charge in [0.05, 0.1) is 54.2 Å². The number of aliphatic carboxylic acids is 2. The summed E-state index contributed by atoms with van der Waals surface area (Å²) >= 11 is 2.98. The fourth-order valence-corrected chi connectivity index (χ4v) is 12.5. The SMILES string of the molecule is C.CC(=O)O.CC(=O)O.CC(C)(C)OC(=O)N1CCC[C@H]1C#N.CC(C)(C)OC(=O)N1CCC[C@H]1C(N)=[18O].Cc1nc(CC(=O)n2ccnc2)sc1-c1ccnc(C(C)(C)C)c1.Cc1nc(NC(=O)N2CCC[C@H]2C(N)=[18O])sc1-c1ccnc(C(C)(C)C)c1.Cl.Cl.NC(=[18O])[C@@H]1CCCN1.NC(=[18O])[C@@H]1CCCN1.[18OH2].[2H]CC.[2H]CF.[Pd]. The van der Waals surface area contributed by atoms with Crippen LogP contribution in [0.15, 0.2) is 55.4 Å². The first-order valence-corrected chi connectivity index (χ1v) is 36.8. The van der Waals surface area contributed by atoms with Crippen molar-refractivity contribution in [2.24, 2.45) is 22.9 Å². The minimum Gasteiger partial charge on any atom is -0.481 e. The van der Waals surface area contributed by atoms with Crippen LogP contribution in [0.1, 0.15) is 218 Å². The number of carbonyl (C=O) groups excluding carboxylic acids is 8. The summed E-state index contributed by atoms with van der Waals surface area (Å²) in [6, 6.07) is 8.46. The molecule has 10 heterocycles. The van der Waals surface area contributed by atoms with Gasteiger partial charge in [0.2, 0.25) is 29.5 Å². The van der Waals surface area contributed by atoms with Crippen molar-refractivity contribution < 1.29 is 101 Å². The molecule has 8 amide bonds. The molecule has 0 unspecified atom stereocenters. The van der Waals surface area contributed by atoms with Crippen LogP contribution in [-0.2, 0) is 75.9 Å². The van der Waals surface area contributed by atoms with Crippen LogP contribution in [0.25, 0.3) is 20.9 Å². The van der Waals surface area contributed by atoms with E-state index in [2.05, 4.69) is 101 Å². The number of nitrogens with two attached hydrogens (primary N) is 4. The third-order valence-corrected chi connectivity index (χ3v) is 17.7. The number of likely N-dealkylation sites (tertiary alicyclic amines) is 3. The molecular formula is C75H124Cl2FN17O15PdS2. The molecule has 5 aromatic rings. The van der Waals surface area contributed by atoms with E-state index in [1.807, 2.05) is 52.9 Å². The Bertz CT molecular complexity index is 3760. The number of nitrogens with zero attached hydrogens (tertiary/aromatic N) is 10. The van der Waals surface area contributed by atoms with Crippen LogP contribution in [0.3, 0.4) is 0 Å². The number of carbonyl (C=O) groups is 10. The monoisotopic (exact) mass is 1770 g/mol. The molecule has 32 nitrogen and oxygen atoms in total. The summed E-state index contributed by atoms with van der Waals surface area (Å²) in [5.41, 5.74) is 25.5. The molecule has 10 rings (SSSR count). The summed E-state index contributed by atoms with van der Waals surface area (Å²) in [6.07, 6.45) is 16.3. The zero-order valence-corrected chi connectivity index (χ0v) is 72.0. The zero-order valence-electron chi connectivity index (χ0n) is 69.2. The van der Waals surface area contributed by atoms with E-state index in [4.69, 9.17) is 60.2 Å². The largest absolute Gasteiger partial charge is 0.481 e. The van der Waals surface area contributed by atoms with E-state index in [-0.39, 0.29) is 123 Å². The van der Waals surface area contributed by atoms with Gasteiger partial charge in [0.15, 0.2) is 5.13 Å². The maximum absolute atomic E-state index is 12.5. The third-order valence-electron chi connectivity index (χ3n) is 15.4. The number of rotatable bonds is 9. The summed E-state index contributed by atoms with van der Waals surface area (Å²) in [5.74, 6) is -3.06. The average molecular weight is 1780 g/mol. The van der Waals surface area contributed by atoms with Gasteiger partial charge in [0.1, 0.15) is 40.7 Å². The Morgan fingerprint density at radius 2 is 1.05 bits per heavy atom. The van der Waals surface area contributed by atoms with Gasteiger partial charge in [-0.15, -0.1) is 36.2 Å². The predicted molar refractivity (Wildman–Crippen MR) is 439 cm³/mol. The molecule has 113 heavy (non-hydrogen) atoms. The number of hydrogen-bond donors (Lipinski definition) is 9. The van der Waals surface area contributed by atoms with E-state index in [9.17, 15) is 42.7 Å². The van der Waals surface area contributed by atoms with Crippen LogP contribution in [0.4, 0.5) is 23.9 Å². The number of anilines is 1. The quantitative estimate of drug-likeness (QED) is 0.0489. The summed E-state index contributed by atoms with van der Waals surface area (Å²) in [6.45, 7) is 35.6. The number of primary amides is 4. The van der Waals surface area contributed by atoms with Crippen LogP contribution in [-0.4, -0.2) is 201 Å². The normalized spacial score (nSPS) is 16.9. The molecule has 5 aliphatic rings. The number of thiazole rings is 2. The van der Waals surface area contributed by atoms with E-state index < -0.39 is 60.3 Å². The minimum atomic E-state index is -1.00. The molecule has 5 fully saturated rings. The number of aromatic nitrogens is 6. The van der Waals surface area contributed by atoms with Crippen molar-refractivity contribution >= 4 is 112 Å². The van der Waals surface area contributed by atoms with Crippen LogP contribution in [0.2, 0.25) is 0 Å². The molecule has 15 N–H and O–H groups in total. The Hall–Kier alpha value is -8.39. The maximum atomic E-state index is 12.5. The van der Waals surface area contributed by atoms with Crippen molar-refractivity contribution in [1.29, 1.82) is 5.26 Å². The number of amides is 8. The summed E-state index contributed by atoms with van der Waals surface area (Å²) in [5, 5.41) is 33.7. The smallest absolute Gasteiger partial charge is 0.411 e. The van der Waals surface area contributed by atoms with Crippen molar-refractivity contribution in [1.82, 2.24) is 54.8 Å². The van der Waals surface area contributed by atoms with Gasteiger partial charge in [0.25, 0.3) is 11.9 Å². The Labute approximate surface area is 702 Å². The molecule has 0 spiro atoms. The average Bonchev–Trinajstić information content (AvgIpc) is 1.54.